The number of carbonyl (C=O) groups excluding carboxylic acids is 1. The van der Waals surface area contributed by atoms with Gasteiger partial charge in [-0.15, -0.1) is 0 Å². The molecule has 3 nitrogen and oxygen atoms in total. The lowest BCUT2D eigenvalue weighted by Crippen LogP contribution is -2.14. The van der Waals surface area contributed by atoms with Crippen LogP contribution in [0.5, 0.6) is 0 Å². The Hall–Kier alpha value is -3.07. The van der Waals surface area contributed by atoms with Crippen molar-refractivity contribution in [3.8, 4) is 0 Å². The quantitative estimate of drug-likeness (QED) is 0.575. The predicted octanol–water partition coefficient (Wildman–Crippen LogP) is 6.29. The Morgan fingerprint density at radius 1 is 0.704 bits per heavy atom. The largest absolute Gasteiger partial charge is 0.356 e. The van der Waals surface area contributed by atoms with Gasteiger partial charge in [0.15, 0.2) is 0 Å². The molecule has 138 valence electrons. The SMILES string of the molecule is Cc1ccc(Nc2ccc(NC(=O)c3ccc(C(C)(C)C)cc3)cc2)cc1. The molecule has 0 bridgehead atoms. The Morgan fingerprint density at radius 3 is 1.70 bits per heavy atom. The fourth-order valence-electron chi connectivity index (χ4n) is 2.77. The molecule has 3 rings (SSSR count). The van der Waals surface area contributed by atoms with E-state index >= 15 is 0 Å². The maximum atomic E-state index is 12.5. The molecule has 3 aromatic rings. The second-order valence-electron chi connectivity index (χ2n) is 7.85. The van der Waals surface area contributed by atoms with Gasteiger partial charge in [0.2, 0.25) is 0 Å². The average Bonchev–Trinajstić information content (AvgIpc) is 2.64. The van der Waals surface area contributed by atoms with Crippen molar-refractivity contribution in [1.82, 2.24) is 0 Å². The first-order chi connectivity index (χ1) is 12.8. The number of hydrogen-bond donors (Lipinski definition) is 2. The van der Waals surface area contributed by atoms with Gasteiger partial charge in [0.25, 0.3) is 5.91 Å². The number of aryl methyl sites for hydroxylation is 1. The minimum absolute atomic E-state index is 0.0787. The third-order valence-corrected chi connectivity index (χ3v) is 4.50. The van der Waals surface area contributed by atoms with E-state index in [9.17, 15) is 4.79 Å². The van der Waals surface area contributed by atoms with Crippen LogP contribution in [0.2, 0.25) is 0 Å². The zero-order valence-corrected chi connectivity index (χ0v) is 16.3. The Kier molecular flexibility index (Phi) is 5.31. The number of rotatable bonds is 4. The Balaban J connectivity index is 1.63. The number of anilines is 3. The highest BCUT2D eigenvalue weighted by Gasteiger charge is 2.14. The van der Waals surface area contributed by atoms with Crippen LogP contribution in [0.15, 0.2) is 72.8 Å². The molecule has 1 amide bonds. The average molecular weight is 358 g/mol. The standard InChI is InChI=1S/C24H26N2O/c1-17-5-11-20(12-6-17)25-21-13-15-22(16-14-21)26-23(27)18-7-9-19(10-8-18)24(2,3)4/h5-16,25H,1-4H3,(H,26,27). The summed E-state index contributed by atoms with van der Waals surface area (Å²) in [4.78, 5) is 12.5. The van der Waals surface area contributed by atoms with Gasteiger partial charge in [-0.1, -0.05) is 50.6 Å². The van der Waals surface area contributed by atoms with Crippen molar-refractivity contribution >= 4 is 23.0 Å². The van der Waals surface area contributed by atoms with Gasteiger partial charge in [-0.2, -0.15) is 0 Å². The first kappa shape index (κ1) is 18.7. The van der Waals surface area contributed by atoms with Gasteiger partial charge in [-0.05, 0) is 66.4 Å². The molecule has 0 heterocycles. The Bertz CT molecular complexity index is 903. The topological polar surface area (TPSA) is 41.1 Å². The Morgan fingerprint density at radius 2 is 1.19 bits per heavy atom. The van der Waals surface area contributed by atoms with Crippen LogP contribution in [0.4, 0.5) is 17.1 Å². The molecule has 0 radical (unpaired) electrons. The van der Waals surface area contributed by atoms with Crippen LogP contribution in [0.1, 0.15) is 42.3 Å². The monoisotopic (exact) mass is 358 g/mol. The van der Waals surface area contributed by atoms with E-state index in [2.05, 4.69) is 50.5 Å². The molecule has 0 aliphatic heterocycles. The number of nitrogens with one attached hydrogen (secondary N) is 2. The van der Waals surface area contributed by atoms with Crippen molar-refractivity contribution < 1.29 is 4.79 Å². The van der Waals surface area contributed by atoms with Crippen molar-refractivity contribution in [3.05, 3.63) is 89.5 Å². The van der Waals surface area contributed by atoms with Crippen molar-refractivity contribution in [2.45, 2.75) is 33.1 Å². The summed E-state index contributed by atoms with van der Waals surface area (Å²) in [5.74, 6) is -0.102. The van der Waals surface area contributed by atoms with Crippen LogP contribution >= 0.6 is 0 Å². The molecule has 0 spiro atoms. The number of hydrogen-bond acceptors (Lipinski definition) is 2. The molecule has 0 unspecified atom stereocenters. The van der Waals surface area contributed by atoms with Gasteiger partial charge in [-0.3, -0.25) is 4.79 Å². The number of amides is 1. The number of benzene rings is 3. The lowest BCUT2D eigenvalue weighted by atomic mass is 9.87. The third kappa shape index (κ3) is 4.98. The molecular weight excluding hydrogens is 332 g/mol. The molecule has 0 saturated carbocycles. The van der Waals surface area contributed by atoms with E-state index in [-0.39, 0.29) is 11.3 Å². The summed E-state index contributed by atoms with van der Waals surface area (Å²) in [5, 5.41) is 6.30. The highest BCUT2D eigenvalue weighted by Crippen LogP contribution is 2.23. The van der Waals surface area contributed by atoms with Gasteiger partial charge >= 0.3 is 0 Å². The first-order valence-corrected chi connectivity index (χ1v) is 9.17. The lowest BCUT2D eigenvalue weighted by Gasteiger charge is -2.19. The highest BCUT2D eigenvalue weighted by atomic mass is 16.1. The zero-order chi connectivity index (χ0) is 19.4. The fraction of sp³-hybridized carbons (Fsp3) is 0.208. The number of carbonyl (C=O) groups is 1. The van der Waals surface area contributed by atoms with Crippen molar-refractivity contribution in [2.24, 2.45) is 0 Å². The summed E-state index contributed by atoms with van der Waals surface area (Å²) in [6, 6.07) is 23.7. The predicted molar refractivity (Wildman–Crippen MR) is 114 cm³/mol. The van der Waals surface area contributed by atoms with E-state index in [0.29, 0.717) is 5.56 Å². The second kappa shape index (κ2) is 7.67. The maximum Gasteiger partial charge on any atom is 0.255 e. The normalized spacial score (nSPS) is 11.1. The van der Waals surface area contributed by atoms with E-state index < -0.39 is 0 Å². The second-order valence-corrected chi connectivity index (χ2v) is 7.85. The zero-order valence-electron chi connectivity index (χ0n) is 16.3. The van der Waals surface area contributed by atoms with E-state index in [4.69, 9.17) is 0 Å². The minimum atomic E-state index is -0.102. The summed E-state index contributed by atoms with van der Waals surface area (Å²) in [6.45, 7) is 8.55. The van der Waals surface area contributed by atoms with Gasteiger partial charge in [0.05, 0.1) is 0 Å². The van der Waals surface area contributed by atoms with Crippen LogP contribution in [-0.2, 0) is 5.41 Å². The minimum Gasteiger partial charge on any atom is -0.356 e. The summed E-state index contributed by atoms with van der Waals surface area (Å²) in [6.07, 6.45) is 0. The summed E-state index contributed by atoms with van der Waals surface area (Å²) in [5.41, 5.74) is 5.97. The molecule has 3 aromatic carbocycles. The van der Waals surface area contributed by atoms with Gasteiger partial charge in [0, 0.05) is 22.6 Å². The van der Waals surface area contributed by atoms with E-state index in [1.165, 1.54) is 11.1 Å². The van der Waals surface area contributed by atoms with Crippen LogP contribution in [0.25, 0.3) is 0 Å². The first-order valence-electron chi connectivity index (χ1n) is 9.17. The molecule has 0 saturated heterocycles. The molecule has 0 aliphatic rings. The molecule has 0 atom stereocenters. The van der Waals surface area contributed by atoms with Crippen LogP contribution in [0, 0.1) is 6.92 Å². The molecule has 0 aromatic heterocycles. The highest BCUT2D eigenvalue weighted by molar-refractivity contribution is 6.04. The lowest BCUT2D eigenvalue weighted by molar-refractivity contribution is 0.102. The maximum absolute atomic E-state index is 12.5. The molecule has 0 fully saturated rings. The van der Waals surface area contributed by atoms with E-state index in [1.807, 2.05) is 60.7 Å². The summed E-state index contributed by atoms with van der Waals surface area (Å²) >= 11 is 0. The molecule has 3 heteroatoms. The molecular formula is C24H26N2O. The van der Waals surface area contributed by atoms with E-state index in [0.717, 1.165) is 17.1 Å². The molecule has 2 N–H and O–H groups in total. The fourth-order valence-corrected chi connectivity index (χ4v) is 2.77. The Labute approximate surface area is 161 Å². The molecule has 27 heavy (non-hydrogen) atoms. The summed E-state index contributed by atoms with van der Waals surface area (Å²) < 4.78 is 0. The van der Waals surface area contributed by atoms with Crippen LogP contribution in [-0.4, -0.2) is 5.91 Å². The van der Waals surface area contributed by atoms with Gasteiger partial charge < -0.3 is 10.6 Å². The van der Waals surface area contributed by atoms with Crippen LogP contribution in [0.3, 0.4) is 0 Å². The summed E-state index contributed by atoms with van der Waals surface area (Å²) in [7, 11) is 0. The third-order valence-electron chi connectivity index (χ3n) is 4.50. The van der Waals surface area contributed by atoms with E-state index in [1.54, 1.807) is 0 Å². The smallest absolute Gasteiger partial charge is 0.255 e. The molecule has 0 aliphatic carbocycles. The van der Waals surface area contributed by atoms with Crippen molar-refractivity contribution in [3.63, 3.8) is 0 Å². The van der Waals surface area contributed by atoms with Crippen LogP contribution < -0.4 is 10.6 Å². The van der Waals surface area contributed by atoms with Crippen molar-refractivity contribution in [1.29, 1.82) is 0 Å². The van der Waals surface area contributed by atoms with Crippen molar-refractivity contribution in [2.75, 3.05) is 10.6 Å². The van der Waals surface area contributed by atoms with Gasteiger partial charge in [-0.25, -0.2) is 0 Å². The van der Waals surface area contributed by atoms with Gasteiger partial charge in [0.1, 0.15) is 0 Å².